The zero-order chi connectivity index (χ0) is 12.4. The molecule has 0 aliphatic carbocycles. The number of aryl methyl sites for hydroxylation is 1. The van der Waals surface area contributed by atoms with Crippen LogP contribution in [-0.2, 0) is 0 Å². The molecule has 0 bridgehead atoms. The van der Waals surface area contributed by atoms with Crippen molar-refractivity contribution in [3.63, 3.8) is 0 Å². The van der Waals surface area contributed by atoms with E-state index in [1.54, 1.807) is 35.9 Å². The molecule has 0 amide bonds. The van der Waals surface area contributed by atoms with Crippen molar-refractivity contribution in [2.24, 2.45) is 0 Å². The van der Waals surface area contributed by atoms with Crippen molar-refractivity contribution in [1.29, 1.82) is 0 Å². The summed E-state index contributed by atoms with van der Waals surface area (Å²) in [5, 5.41) is 9.03. The molecule has 0 atom stereocenters. The summed E-state index contributed by atoms with van der Waals surface area (Å²) in [6.45, 7) is 1.81. The van der Waals surface area contributed by atoms with Crippen LogP contribution in [0.25, 0.3) is 5.69 Å². The summed E-state index contributed by atoms with van der Waals surface area (Å²) >= 11 is 0. The molecule has 88 valence electrons. The molecular formula is C12H12N2O3. The smallest absolute Gasteiger partial charge is 0.372 e. The van der Waals surface area contributed by atoms with Gasteiger partial charge in [-0.2, -0.15) is 0 Å². The summed E-state index contributed by atoms with van der Waals surface area (Å²) in [5.74, 6) is -0.315. The second kappa shape index (κ2) is 4.29. The summed E-state index contributed by atoms with van der Waals surface area (Å²) in [4.78, 5) is 14.9. The monoisotopic (exact) mass is 232 g/mol. The van der Waals surface area contributed by atoms with Crippen molar-refractivity contribution in [3.8, 4) is 11.4 Å². The van der Waals surface area contributed by atoms with Crippen LogP contribution in [0.3, 0.4) is 0 Å². The highest BCUT2D eigenvalue weighted by Gasteiger charge is 2.15. The van der Waals surface area contributed by atoms with Gasteiger partial charge in [0.25, 0.3) is 0 Å². The van der Waals surface area contributed by atoms with Crippen molar-refractivity contribution >= 4 is 5.97 Å². The second-order valence-electron chi connectivity index (χ2n) is 3.56. The fourth-order valence-corrected chi connectivity index (χ4v) is 1.65. The van der Waals surface area contributed by atoms with Crippen molar-refractivity contribution in [2.75, 3.05) is 7.11 Å². The van der Waals surface area contributed by atoms with Crippen LogP contribution in [0.4, 0.5) is 0 Å². The lowest BCUT2D eigenvalue weighted by Gasteiger charge is -2.08. The van der Waals surface area contributed by atoms with Crippen molar-refractivity contribution in [2.45, 2.75) is 6.92 Å². The van der Waals surface area contributed by atoms with E-state index in [4.69, 9.17) is 9.84 Å². The van der Waals surface area contributed by atoms with Crippen LogP contribution >= 0.6 is 0 Å². The molecule has 0 aliphatic rings. The van der Waals surface area contributed by atoms with Crippen LogP contribution in [0, 0.1) is 6.92 Å². The number of carbonyl (C=O) groups is 1. The molecule has 17 heavy (non-hydrogen) atoms. The highest BCUT2D eigenvalue weighted by atomic mass is 16.5. The first kappa shape index (κ1) is 11.2. The van der Waals surface area contributed by atoms with Gasteiger partial charge in [0.1, 0.15) is 5.75 Å². The first-order valence-electron chi connectivity index (χ1n) is 5.05. The number of carboxylic acids is 1. The number of benzene rings is 1. The minimum atomic E-state index is -1.05. The molecule has 0 spiro atoms. The van der Waals surface area contributed by atoms with Gasteiger partial charge in [-0.1, -0.05) is 0 Å². The number of imidazole rings is 1. The number of nitrogens with zero attached hydrogens (tertiary/aromatic N) is 2. The predicted octanol–water partition coefficient (Wildman–Crippen LogP) is 1.89. The van der Waals surface area contributed by atoms with E-state index >= 15 is 0 Å². The van der Waals surface area contributed by atoms with Crippen molar-refractivity contribution < 1.29 is 14.6 Å². The Bertz CT molecular complexity index is 543. The molecular weight excluding hydrogens is 220 g/mol. The van der Waals surface area contributed by atoms with E-state index in [0.29, 0.717) is 0 Å². The molecule has 2 rings (SSSR count). The molecule has 1 heterocycles. The summed E-state index contributed by atoms with van der Waals surface area (Å²) < 4.78 is 6.64. The predicted molar refractivity (Wildman–Crippen MR) is 61.8 cm³/mol. The number of ether oxygens (including phenoxy) is 1. The Kier molecular flexibility index (Phi) is 2.82. The van der Waals surface area contributed by atoms with Gasteiger partial charge in [0.2, 0.25) is 5.82 Å². The summed E-state index contributed by atoms with van der Waals surface area (Å²) in [7, 11) is 1.58. The van der Waals surface area contributed by atoms with Crippen LogP contribution in [-0.4, -0.2) is 27.7 Å². The molecule has 1 aromatic heterocycles. The molecule has 0 aliphatic heterocycles. The van der Waals surface area contributed by atoms with Crippen LogP contribution in [0.1, 0.15) is 16.3 Å². The Morgan fingerprint density at radius 1 is 1.35 bits per heavy atom. The van der Waals surface area contributed by atoms with Gasteiger partial charge in [-0.05, 0) is 31.2 Å². The van der Waals surface area contributed by atoms with Crippen LogP contribution in [0.15, 0.2) is 30.5 Å². The number of aromatic nitrogens is 2. The van der Waals surface area contributed by atoms with Gasteiger partial charge in [-0.15, -0.1) is 0 Å². The van der Waals surface area contributed by atoms with E-state index < -0.39 is 5.97 Å². The van der Waals surface area contributed by atoms with Gasteiger partial charge in [-0.3, -0.25) is 4.57 Å². The average molecular weight is 232 g/mol. The molecule has 2 aromatic rings. The molecule has 1 N–H and O–H groups in total. The first-order chi connectivity index (χ1) is 8.13. The third-order valence-electron chi connectivity index (χ3n) is 2.46. The van der Waals surface area contributed by atoms with Gasteiger partial charge in [-0.25, -0.2) is 9.78 Å². The fraction of sp³-hybridized carbons (Fsp3) is 0.167. The number of methoxy groups -OCH3 is 1. The van der Waals surface area contributed by atoms with E-state index in [1.807, 2.05) is 6.92 Å². The largest absolute Gasteiger partial charge is 0.497 e. The summed E-state index contributed by atoms with van der Waals surface area (Å²) in [6.07, 6.45) is 1.54. The molecule has 0 saturated carbocycles. The molecule has 0 radical (unpaired) electrons. The molecule has 0 fully saturated rings. The number of carboxylic acid groups (broad SMARTS) is 1. The third-order valence-corrected chi connectivity index (χ3v) is 2.46. The number of rotatable bonds is 3. The molecule has 0 saturated heterocycles. The Labute approximate surface area is 98.3 Å². The standard InChI is InChI=1S/C12H12N2O3/c1-8-7-13-11(12(15)16)14(8)9-3-5-10(17-2)6-4-9/h3-7H,1-2H3,(H,15,16). The Balaban J connectivity index is 2.51. The molecule has 1 aromatic carbocycles. The normalized spacial score (nSPS) is 10.2. The minimum absolute atomic E-state index is 0.00710. The van der Waals surface area contributed by atoms with Gasteiger partial charge >= 0.3 is 5.97 Å². The lowest BCUT2D eigenvalue weighted by Crippen LogP contribution is -2.09. The fourth-order valence-electron chi connectivity index (χ4n) is 1.65. The number of hydrogen-bond acceptors (Lipinski definition) is 3. The van der Waals surface area contributed by atoms with Crippen molar-refractivity contribution in [1.82, 2.24) is 9.55 Å². The third kappa shape index (κ3) is 1.99. The zero-order valence-corrected chi connectivity index (χ0v) is 9.54. The van der Waals surface area contributed by atoms with Crippen LogP contribution in [0.2, 0.25) is 0 Å². The van der Waals surface area contributed by atoms with E-state index in [1.165, 1.54) is 6.20 Å². The van der Waals surface area contributed by atoms with Crippen LogP contribution in [0.5, 0.6) is 5.75 Å². The summed E-state index contributed by atoms with van der Waals surface area (Å²) in [6, 6.07) is 7.14. The second-order valence-corrected chi connectivity index (χ2v) is 3.56. The summed E-state index contributed by atoms with van der Waals surface area (Å²) in [5.41, 5.74) is 1.52. The van der Waals surface area contributed by atoms with E-state index in [2.05, 4.69) is 4.98 Å². The quantitative estimate of drug-likeness (QED) is 0.877. The molecule has 0 unspecified atom stereocenters. The zero-order valence-electron chi connectivity index (χ0n) is 9.54. The Morgan fingerprint density at radius 3 is 2.53 bits per heavy atom. The van der Waals surface area contributed by atoms with E-state index in [-0.39, 0.29) is 5.82 Å². The average Bonchev–Trinajstić information content (AvgIpc) is 2.71. The highest BCUT2D eigenvalue weighted by Crippen LogP contribution is 2.18. The lowest BCUT2D eigenvalue weighted by molar-refractivity contribution is 0.0681. The maximum Gasteiger partial charge on any atom is 0.372 e. The Morgan fingerprint density at radius 2 is 2.00 bits per heavy atom. The highest BCUT2D eigenvalue weighted by molar-refractivity contribution is 5.84. The first-order valence-corrected chi connectivity index (χ1v) is 5.05. The van der Waals surface area contributed by atoms with Gasteiger partial charge in [0, 0.05) is 17.6 Å². The van der Waals surface area contributed by atoms with Gasteiger partial charge in [0.05, 0.1) is 7.11 Å². The minimum Gasteiger partial charge on any atom is -0.497 e. The SMILES string of the molecule is COc1ccc(-n2c(C)cnc2C(=O)O)cc1. The topological polar surface area (TPSA) is 64.4 Å². The Hall–Kier alpha value is -2.30. The van der Waals surface area contributed by atoms with Crippen LogP contribution < -0.4 is 4.74 Å². The maximum atomic E-state index is 11.0. The van der Waals surface area contributed by atoms with Gasteiger partial charge < -0.3 is 9.84 Å². The lowest BCUT2D eigenvalue weighted by atomic mass is 10.3. The molecule has 5 heteroatoms. The maximum absolute atomic E-state index is 11.0. The number of hydrogen-bond donors (Lipinski definition) is 1. The molecule has 5 nitrogen and oxygen atoms in total. The van der Waals surface area contributed by atoms with E-state index in [0.717, 1.165) is 17.1 Å². The van der Waals surface area contributed by atoms with Crippen molar-refractivity contribution in [3.05, 3.63) is 42.0 Å². The number of aromatic carboxylic acids is 1. The van der Waals surface area contributed by atoms with E-state index in [9.17, 15) is 4.79 Å². The van der Waals surface area contributed by atoms with Gasteiger partial charge in [0.15, 0.2) is 0 Å².